The number of fused-ring (bicyclic) bond motifs is 1. The van der Waals surface area contributed by atoms with Gasteiger partial charge in [-0.2, -0.15) is 0 Å². The lowest BCUT2D eigenvalue weighted by Crippen LogP contribution is -2.15. The van der Waals surface area contributed by atoms with Crippen molar-refractivity contribution in [3.05, 3.63) is 95.4 Å². The highest BCUT2D eigenvalue weighted by atomic mass is 19.2. The summed E-state index contributed by atoms with van der Waals surface area (Å²) in [6.45, 7) is 0. The molecule has 156 valence electrons. The summed E-state index contributed by atoms with van der Waals surface area (Å²) in [5.41, 5.74) is 8.22. The van der Waals surface area contributed by atoms with E-state index in [9.17, 15) is 18.0 Å². The van der Waals surface area contributed by atoms with Gasteiger partial charge in [0.15, 0.2) is 23.3 Å². The van der Waals surface area contributed by atoms with Crippen molar-refractivity contribution in [2.45, 2.75) is 0 Å². The van der Waals surface area contributed by atoms with Crippen LogP contribution in [-0.4, -0.2) is 22.3 Å². The van der Waals surface area contributed by atoms with E-state index in [4.69, 9.17) is 5.73 Å². The van der Waals surface area contributed by atoms with Crippen molar-refractivity contribution in [3.8, 4) is 11.3 Å². The molecule has 8 heteroatoms. The highest BCUT2D eigenvalue weighted by molar-refractivity contribution is 5.99. The zero-order chi connectivity index (χ0) is 22.1. The Morgan fingerprint density at radius 3 is 2.45 bits per heavy atom. The first-order valence-corrected chi connectivity index (χ1v) is 9.31. The predicted octanol–water partition coefficient (Wildman–Crippen LogP) is 4.18. The minimum absolute atomic E-state index is 0.0430. The quantitative estimate of drug-likeness (QED) is 0.383. The molecule has 4 aromatic rings. The maximum absolute atomic E-state index is 14.5. The molecule has 0 bridgehead atoms. The third kappa shape index (κ3) is 3.63. The van der Waals surface area contributed by atoms with Crippen molar-refractivity contribution in [2.75, 3.05) is 12.8 Å². The Kier molecular flexibility index (Phi) is 5.21. The van der Waals surface area contributed by atoms with Gasteiger partial charge >= 0.3 is 0 Å². The number of nitrogens with two attached hydrogens (primary N) is 1. The Labute approximate surface area is 175 Å². The van der Waals surface area contributed by atoms with Crippen LogP contribution in [0.1, 0.15) is 11.1 Å². The Morgan fingerprint density at radius 1 is 1.00 bits per heavy atom. The topological polar surface area (TPSA) is 72.4 Å². The second-order valence-corrected chi connectivity index (χ2v) is 6.75. The van der Waals surface area contributed by atoms with Gasteiger partial charge in [-0.25, -0.2) is 18.2 Å². The lowest BCUT2D eigenvalue weighted by Gasteiger charge is -2.11. The van der Waals surface area contributed by atoms with E-state index in [1.54, 1.807) is 18.3 Å². The number of amides is 1. The number of nitrogens with zero attached hydrogens (tertiary/aromatic N) is 2. The largest absolute Gasteiger partial charge is 0.382 e. The number of likely N-dealkylation sites (N-methyl/N-ethyl adjacent to an activating group) is 1. The number of halogens is 3. The predicted molar refractivity (Wildman–Crippen MR) is 113 cm³/mol. The van der Waals surface area contributed by atoms with Gasteiger partial charge in [0.2, 0.25) is 5.91 Å². The van der Waals surface area contributed by atoms with Gasteiger partial charge in [-0.3, -0.25) is 9.20 Å². The second kappa shape index (κ2) is 7.98. The molecule has 3 N–H and O–H groups in total. The summed E-state index contributed by atoms with van der Waals surface area (Å²) in [6, 6.07) is 14.5. The van der Waals surface area contributed by atoms with Crippen LogP contribution in [0.5, 0.6) is 0 Å². The fourth-order valence-electron chi connectivity index (χ4n) is 3.35. The minimum Gasteiger partial charge on any atom is -0.382 e. The molecule has 5 nitrogen and oxygen atoms in total. The van der Waals surface area contributed by atoms with Crippen LogP contribution in [0.15, 0.2) is 66.9 Å². The molecule has 1 amide bonds. The number of nitrogens with one attached hydrogen (secondary N) is 1. The summed E-state index contributed by atoms with van der Waals surface area (Å²) in [4.78, 5) is 16.3. The second-order valence-electron chi connectivity index (χ2n) is 6.75. The van der Waals surface area contributed by atoms with Gasteiger partial charge < -0.3 is 11.1 Å². The van der Waals surface area contributed by atoms with Crippen LogP contribution in [0.4, 0.5) is 19.0 Å². The third-order valence-electron chi connectivity index (χ3n) is 4.85. The van der Waals surface area contributed by atoms with E-state index >= 15 is 0 Å². The van der Waals surface area contributed by atoms with Crippen molar-refractivity contribution < 1.29 is 18.0 Å². The summed E-state index contributed by atoms with van der Waals surface area (Å²) < 4.78 is 43.3. The molecule has 0 radical (unpaired) electrons. The fourth-order valence-corrected chi connectivity index (χ4v) is 3.35. The summed E-state index contributed by atoms with van der Waals surface area (Å²) >= 11 is 0. The summed E-state index contributed by atoms with van der Waals surface area (Å²) in [7, 11) is 1.52. The molecule has 0 fully saturated rings. The molecule has 0 saturated carbocycles. The molecule has 0 aliphatic rings. The van der Waals surface area contributed by atoms with Crippen molar-refractivity contribution in [2.24, 2.45) is 0 Å². The first-order valence-electron chi connectivity index (χ1n) is 9.31. The molecule has 2 aromatic heterocycles. The maximum atomic E-state index is 14.5. The molecule has 0 spiro atoms. The Hall–Kier alpha value is -4.07. The van der Waals surface area contributed by atoms with E-state index in [1.165, 1.54) is 17.5 Å². The number of nitrogen functional groups attached to an aromatic ring is 1. The Bertz CT molecular complexity index is 1330. The summed E-state index contributed by atoms with van der Waals surface area (Å²) in [6.07, 6.45) is 3.06. The molecule has 0 saturated heterocycles. The highest BCUT2D eigenvalue weighted by Gasteiger charge is 2.21. The van der Waals surface area contributed by atoms with Crippen LogP contribution in [0, 0.1) is 17.5 Å². The number of pyridine rings is 1. The average Bonchev–Trinajstić information content (AvgIpc) is 3.11. The first kappa shape index (κ1) is 20.2. The first-order chi connectivity index (χ1) is 14.9. The summed E-state index contributed by atoms with van der Waals surface area (Å²) in [5.74, 6) is -4.60. The van der Waals surface area contributed by atoms with E-state index in [0.29, 0.717) is 16.8 Å². The number of rotatable bonds is 4. The monoisotopic (exact) mass is 422 g/mol. The van der Waals surface area contributed by atoms with Crippen LogP contribution < -0.4 is 11.1 Å². The van der Waals surface area contributed by atoms with Crippen LogP contribution in [0.25, 0.3) is 22.5 Å². The van der Waals surface area contributed by atoms with Gasteiger partial charge in [0, 0.05) is 24.9 Å². The number of anilines is 1. The van der Waals surface area contributed by atoms with Gasteiger partial charge in [-0.05, 0) is 41.0 Å². The lowest BCUT2D eigenvalue weighted by atomic mass is 9.98. The highest BCUT2D eigenvalue weighted by Crippen LogP contribution is 2.33. The van der Waals surface area contributed by atoms with Gasteiger partial charge in [0.25, 0.3) is 0 Å². The molecule has 31 heavy (non-hydrogen) atoms. The number of benzene rings is 2. The van der Waals surface area contributed by atoms with E-state index in [2.05, 4.69) is 10.3 Å². The third-order valence-corrected chi connectivity index (χ3v) is 4.85. The number of aromatic nitrogens is 2. The van der Waals surface area contributed by atoms with Gasteiger partial charge in [0.05, 0.1) is 5.69 Å². The number of hydrogen-bond acceptors (Lipinski definition) is 3. The van der Waals surface area contributed by atoms with Crippen LogP contribution in [0.2, 0.25) is 0 Å². The smallest absolute Gasteiger partial charge is 0.244 e. The maximum Gasteiger partial charge on any atom is 0.244 e. The van der Waals surface area contributed by atoms with Crippen LogP contribution in [-0.2, 0) is 4.79 Å². The molecule has 0 unspecified atom stereocenters. The van der Waals surface area contributed by atoms with Crippen molar-refractivity contribution in [1.82, 2.24) is 14.7 Å². The van der Waals surface area contributed by atoms with Crippen molar-refractivity contribution in [3.63, 3.8) is 0 Å². The van der Waals surface area contributed by atoms with Gasteiger partial charge in [-0.15, -0.1) is 0 Å². The molecule has 0 atom stereocenters. The number of carbonyl (C=O) groups excluding carboxylic acids is 1. The Balaban J connectivity index is 1.96. The molecule has 2 aromatic carbocycles. The number of hydrogen-bond donors (Lipinski definition) is 2. The summed E-state index contributed by atoms with van der Waals surface area (Å²) in [5, 5.41) is 2.55. The molecular formula is C23H17F3N4O. The molecule has 4 rings (SSSR count). The lowest BCUT2D eigenvalue weighted by molar-refractivity contribution is -0.116. The van der Waals surface area contributed by atoms with Gasteiger partial charge in [0.1, 0.15) is 5.65 Å². The fraction of sp³-hybridized carbons (Fsp3) is 0.0435. The zero-order valence-corrected chi connectivity index (χ0v) is 16.4. The Morgan fingerprint density at radius 2 is 1.74 bits per heavy atom. The molecule has 0 aliphatic carbocycles. The number of carbonyl (C=O) groups is 1. The minimum atomic E-state index is -1.59. The number of imidazole rings is 1. The van der Waals surface area contributed by atoms with Crippen LogP contribution in [0.3, 0.4) is 0 Å². The van der Waals surface area contributed by atoms with E-state index < -0.39 is 17.5 Å². The molecule has 0 aliphatic heterocycles. The standard InChI is InChI=1S/C23H17F3N4O/c1-28-19(31)11-16(13-5-3-2-4-6-13)14-7-10-18-29-23(27)22(30(18)12-14)15-8-9-17(24)21(26)20(15)25/h2-12H,27H2,1H3,(H,28,31)/b16-11+. The van der Waals surface area contributed by atoms with Crippen LogP contribution >= 0.6 is 0 Å². The van der Waals surface area contributed by atoms with Crippen molar-refractivity contribution in [1.29, 1.82) is 0 Å². The molecule has 2 heterocycles. The normalized spacial score (nSPS) is 11.7. The zero-order valence-electron chi connectivity index (χ0n) is 16.4. The SMILES string of the molecule is CNC(=O)/C=C(\c1ccccc1)c1ccc2nc(N)c(-c3ccc(F)c(F)c3F)n2c1. The van der Waals surface area contributed by atoms with E-state index in [-0.39, 0.29) is 23.0 Å². The van der Waals surface area contributed by atoms with E-state index in [1.807, 2.05) is 30.3 Å². The van der Waals surface area contributed by atoms with Gasteiger partial charge in [-0.1, -0.05) is 30.3 Å². The average molecular weight is 422 g/mol. The molecular weight excluding hydrogens is 405 g/mol. The van der Waals surface area contributed by atoms with Crippen molar-refractivity contribution >= 4 is 22.9 Å². The van der Waals surface area contributed by atoms with E-state index in [0.717, 1.165) is 17.7 Å².